The minimum Gasteiger partial charge on any atom is -0.353 e. The van der Waals surface area contributed by atoms with Crippen molar-refractivity contribution in [3.8, 4) is 0 Å². The highest BCUT2D eigenvalue weighted by Gasteiger charge is 2.43. The van der Waals surface area contributed by atoms with Crippen molar-refractivity contribution in [2.45, 2.75) is 44.0 Å². The van der Waals surface area contributed by atoms with Gasteiger partial charge >= 0.3 is 0 Å². The van der Waals surface area contributed by atoms with Gasteiger partial charge in [0.2, 0.25) is 5.91 Å². The number of benzene rings is 1. The molecule has 1 aromatic carbocycles. The van der Waals surface area contributed by atoms with Crippen LogP contribution in [0.25, 0.3) is 0 Å². The number of carbonyl (C=O) groups excluding carboxylic acids is 1. The number of amides is 1. The van der Waals surface area contributed by atoms with Crippen LogP contribution in [-0.4, -0.2) is 30.9 Å². The third kappa shape index (κ3) is 3.76. The predicted octanol–water partition coefficient (Wildman–Crippen LogP) is 2.68. The summed E-state index contributed by atoms with van der Waals surface area (Å²) in [6.45, 7) is 1.08. The third-order valence-electron chi connectivity index (χ3n) is 4.08. The molecule has 0 unspecified atom stereocenters. The molecule has 1 spiro atoms. The summed E-state index contributed by atoms with van der Waals surface area (Å²) in [5.41, 5.74) is 0.952. The average Bonchev–Trinajstić information content (AvgIpc) is 3.10. The van der Waals surface area contributed by atoms with E-state index in [1.54, 1.807) is 12.1 Å². The molecule has 1 atom stereocenters. The van der Waals surface area contributed by atoms with E-state index in [1.165, 1.54) is 0 Å². The van der Waals surface area contributed by atoms with Gasteiger partial charge in [0.1, 0.15) is 6.10 Å². The first kappa shape index (κ1) is 14.8. The van der Waals surface area contributed by atoms with Crippen molar-refractivity contribution < 1.29 is 14.3 Å². The Morgan fingerprint density at radius 1 is 1.29 bits per heavy atom. The Morgan fingerprint density at radius 3 is 2.71 bits per heavy atom. The monoisotopic (exact) mass is 309 g/mol. The first-order valence-electron chi connectivity index (χ1n) is 7.48. The second kappa shape index (κ2) is 6.34. The van der Waals surface area contributed by atoms with Crippen LogP contribution in [0.2, 0.25) is 5.02 Å². The predicted molar refractivity (Wildman–Crippen MR) is 80.2 cm³/mol. The quantitative estimate of drug-likeness (QED) is 0.930. The fraction of sp³-hybridized carbons (Fsp3) is 0.562. The van der Waals surface area contributed by atoms with Crippen LogP contribution in [0, 0.1) is 0 Å². The van der Waals surface area contributed by atoms with Crippen molar-refractivity contribution in [1.82, 2.24) is 5.32 Å². The summed E-state index contributed by atoms with van der Waals surface area (Å²) in [6, 6.07) is 7.32. The lowest BCUT2D eigenvalue weighted by atomic mass is 10.1. The maximum absolute atomic E-state index is 11.9. The highest BCUT2D eigenvalue weighted by Crippen LogP contribution is 2.38. The Hall–Kier alpha value is -1.10. The summed E-state index contributed by atoms with van der Waals surface area (Å²) in [7, 11) is 0. The molecular weight excluding hydrogens is 290 g/mol. The fourth-order valence-corrected chi connectivity index (χ4v) is 3.10. The summed E-state index contributed by atoms with van der Waals surface area (Å²) < 4.78 is 11.8. The van der Waals surface area contributed by atoms with Crippen LogP contribution in [0.5, 0.6) is 0 Å². The maximum atomic E-state index is 11.9. The molecule has 21 heavy (non-hydrogen) atoms. The number of carbonyl (C=O) groups is 1. The Morgan fingerprint density at radius 2 is 2.00 bits per heavy atom. The molecule has 1 heterocycles. The highest BCUT2D eigenvalue weighted by molar-refractivity contribution is 6.30. The molecule has 1 aromatic rings. The van der Waals surface area contributed by atoms with E-state index in [0.717, 1.165) is 31.2 Å². The van der Waals surface area contributed by atoms with Gasteiger partial charge in [-0.25, -0.2) is 0 Å². The summed E-state index contributed by atoms with van der Waals surface area (Å²) in [5, 5.41) is 3.60. The number of hydrogen-bond donors (Lipinski definition) is 1. The van der Waals surface area contributed by atoms with Crippen molar-refractivity contribution in [2.24, 2.45) is 0 Å². The van der Waals surface area contributed by atoms with Gasteiger partial charge in [-0.15, -0.1) is 0 Å². The summed E-state index contributed by atoms with van der Waals surface area (Å²) >= 11 is 5.82. The zero-order valence-corrected chi connectivity index (χ0v) is 12.7. The van der Waals surface area contributed by atoms with Crippen LogP contribution in [0.15, 0.2) is 24.3 Å². The van der Waals surface area contributed by atoms with E-state index in [0.29, 0.717) is 24.6 Å². The number of hydrogen-bond acceptors (Lipinski definition) is 3. The molecule has 0 aromatic heterocycles. The molecule has 1 aliphatic heterocycles. The van der Waals surface area contributed by atoms with Gasteiger partial charge in [-0.3, -0.25) is 4.79 Å². The van der Waals surface area contributed by atoms with E-state index in [-0.39, 0.29) is 17.8 Å². The third-order valence-corrected chi connectivity index (χ3v) is 4.34. The molecule has 4 nitrogen and oxygen atoms in total. The molecular formula is C16H20ClNO3. The van der Waals surface area contributed by atoms with Gasteiger partial charge in [-0.1, -0.05) is 23.7 Å². The van der Waals surface area contributed by atoms with Crippen LogP contribution < -0.4 is 5.32 Å². The molecule has 1 N–H and O–H groups in total. The molecule has 5 heteroatoms. The second-order valence-electron chi connectivity index (χ2n) is 5.78. The standard InChI is InChI=1S/C16H20ClNO3/c17-13-5-3-12(4-6-13)9-15(19)18-10-14-11-20-16(21-14)7-1-2-8-16/h3-6,14H,1-2,7-11H2,(H,18,19)/t14-/m0/s1. The van der Waals surface area contributed by atoms with E-state index in [9.17, 15) is 4.79 Å². The van der Waals surface area contributed by atoms with Crippen molar-refractivity contribution in [3.05, 3.63) is 34.9 Å². The van der Waals surface area contributed by atoms with Crippen LogP contribution in [0.4, 0.5) is 0 Å². The van der Waals surface area contributed by atoms with Crippen LogP contribution in [-0.2, 0) is 20.7 Å². The number of rotatable bonds is 4. The minimum atomic E-state index is -0.356. The first-order chi connectivity index (χ1) is 10.2. The smallest absolute Gasteiger partial charge is 0.224 e. The van der Waals surface area contributed by atoms with Gasteiger partial charge in [0.15, 0.2) is 5.79 Å². The Kier molecular flexibility index (Phi) is 4.48. The summed E-state index contributed by atoms with van der Waals surface area (Å²) in [6.07, 6.45) is 4.60. The van der Waals surface area contributed by atoms with Crippen LogP contribution in [0.3, 0.4) is 0 Å². The van der Waals surface area contributed by atoms with E-state index in [4.69, 9.17) is 21.1 Å². The molecule has 3 rings (SSSR count). The molecule has 0 bridgehead atoms. The first-order valence-corrected chi connectivity index (χ1v) is 7.86. The van der Waals surface area contributed by atoms with Crippen molar-refractivity contribution in [2.75, 3.05) is 13.2 Å². The van der Waals surface area contributed by atoms with Crippen LogP contribution >= 0.6 is 11.6 Å². The molecule has 114 valence electrons. The molecule has 0 radical (unpaired) electrons. The minimum absolute atomic E-state index is 0.00621. The molecule has 1 saturated carbocycles. The van der Waals surface area contributed by atoms with E-state index < -0.39 is 0 Å². The van der Waals surface area contributed by atoms with Crippen molar-refractivity contribution in [1.29, 1.82) is 0 Å². The SMILES string of the molecule is O=C(Cc1ccc(Cl)cc1)NC[C@H]1COC2(CCCC2)O1. The van der Waals surface area contributed by atoms with E-state index in [2.05, 4.69) is 5.32 Å². The Balaban J connectivity index is 1.43. The highest BCUT2D eigenvalue weighted by atomic mass is 35.5. The lowest BCUT2D eigenvalue weighted by molar-refractivity contribution is -0.161. The fourth-order valence-electron chi connectivity index (χ4n) is 2.97. The Bertz CT molecular complexity index is 497. The molecule has 2 aliphatic rings. The van der Waals surface area contributed by atoms with Crippen molar-refractivity contribution in [3.63, 3.8) is 0 Å². The zero-order chi connectivity index (χ0) is 14.7. The molecule has 1 amide bonds. The summed E-state index contributed by atoms with van der Waals surface area (Å²) in [5.74, 6) is -0.362. The molecule has 1 saturated heterocycles. The normalized spacial score (nSPS) is 23.6. The topological polar surface area (TPSA) is 47.6 Å². The van der Waals surface area contributed by atoms with Crippen molar-refractivity contribution >= 4 is 17.5 Å². The van der Waals surface area contributed by atoms with Gasteiger partial charge in [0.25, 0.3) is 0 Å². The van der Waals surface area contributed by atoms with E-state index >= 15 is 0 Å². The summed E-state index contributed by atoms with van der Waals surface area (Å²) in [4.78, 5) is 11.9. The van der Waals surface area contributed by atoms with Gasteiger partial charge in [-0.2, -0.15) is 0 Å². The van der Waals surface area contributed by atoms with Gasteiger partial charge < -0.3 is 14.8 Å². The lowest BCUT2D eigenvalue weighted by Gasteiger charge is -2.21. The Labute approximate surface area is 129 Å². The second-order valence-corrected chi connectivity index (χ2v) is 6.21. The zero-order valence-electron chi connectivity index (χ0n) is 11.9. The average molecular weight is 310 g/mol. The van der Waals surface area contributed by atoms with Gasteiger partial charge in [0.05, 0.1) is 13.0 Å². The molecule has 1 aliphatic carbocycles. The maximum Gasteiger partial charge on any atom is 0.224 e. The lowest BCUT2D eigenvalue weighted by Crippen LogP contribution is -2.35. The van der Waals surface area contributed by atoms with Gasteiger partial charge in [0, 0.05) is 24.4 Å². The van der Waals surface area contributed by atoms with E-state index in [1.807, 2.05) is 12.1 Å². The van der Waals surface area contributed by atoms with Gasteiger partial charge in [-0.05, 0) is 30.5 Å². The number of halogens is 1. The largest absolute Gasteiger partial charge is 0.353 e. The number of nitrogens with one attached hydrogen (secondary N) is 1. The van der Waals surface area contributed by atoms with Crippen LogP contribution in [0.1, 0.15) is 31.2 Å². The number of ether oxygens (including phenoxy) is 2. The molecule has 2 fully saturated rings.